The molecule has 0 radical (unpaired) electrons. The van der Waals surface area contributed by atoms with E-state index in [1.807, 2.05) is 0 Å². The molecule has 0 bridgehead atoms. The van der Waals surface area contributed by atoms with Crippen LogP contribution in [0, 0.1) is 0 Å². The highest BCUT2D eigenvalue weighted by molar-refractivity contribution is 4.96. The van der Waals surface area contributed by atoms with Crippen LogP contribution in [0.25, 0.3) is 0 Å². The van der Waals surface area contributed by atoms with E-state index in [0.29, 0.717) is 0 Å². The van der Waals surface area contributed by atoms with E-state index in [2.05, 4.69) is 4.74 Å². The van der Waals surface area contributed by atoms with Crippen molar-refractivity contribution in [3.63, 3.8) is 0 Å². The van der Waals surface area contributed by atoms with Gasteiger partial charge < -0.3 is 20.1 Å². The lowest BCUT2D eigenvalue weighted by molar-refractivity contribution is -0.202. The van der Waals surface area contributed by atoms with Gasteiger partial charge in [-0.3, -0.25) is 0 Å². The summed E-state index contributed by atoms with van der Waals surface area (Å²) in [6.45, 7) is -0.506. The summed E-state index contributed by atoms with van der Waals surface area (Å²) in [6, 6.07) is 0. The Kier molecular flexibility index (Phi) is 1.34. The van der Waals surface area contributed by atoms with Crippen LogP contribution in [-0.2, 0) is 4.74 Å². The third kappa shape index (κ3) is 1.14. The minimum absolute atomic E-state index is 0.134. The van der Waals surface area contributed by atoms with Crippen molar-refractivity contribution in [2.45, 2.75) is 12.2 Å². The van der Waals surface area contributed by atoms with Crippen LogP contribution in [0.5, 0.6) is 0 Å². The fourth-order valence-corrected chi connectivity index (χ4v) is 0.622. The second-order valence-electron chi connectivity index (χ2n) is 1.95. The van der Waals surface area contributed by atoms with Gasteiger partial charge in [-0.05, 0) is 0 Å². The maximum atomic E-state index is 8.99. The molecule has 0 saturated carbocycles. The van der Waals surface area contributed by atoms with Crippen LogP contribution in [-0.4, -0.2) is 27.7 Å². The van der Waals surface area contributed by atoms with E-state index in [1.165, 1.54) is 6.08 Å². The van der Waals surface area contributed by atoms with Gasteiger partial charge >= 0.3 is 0 Å². The van der Waals surface area contributed by atoms with Crippen molar-refractivity contribution in [1.29, 1.82) is 0 Å². The van der Waals surface area contributed by atoms with Gasteiger partial charge in [0, 0.05) is 12.5 Å². The molecule has 0 spiro atoms. The Morgan fingerprint density at radius 1 is 1.78 bits per heavy atom. The Hall–Kier alpha value is -0.740. The third-order valence-electron chi connectivity index (χ3n) is 1.14. The Morgan fingerprint density at radius 2 is 2.44 bits per heavy atom. The van der Waals surface area contributed by atoms with Gasteiger partial charge in [-0.15, -0.1) is 0 Å². The van der Waals surface area contributed by atoms with E-state index < -0.39 is 12.4 Å². The normalized spacial score (nSPS) is 33.8. The van der Waals surface area contributed by atoms with Crippen LogP contribution in [0.2, 0.25) is 0 Å². The molecule has 0 fully saturated rings. The standard InChI is InChI=1S/C5H8O4/c6-3-5(8)2-1-4(7)9-5/h1,6-8H,2-3H2. The van der Waals surface area contributed by atoms with Crippen molar-refractivity contribution in [3.8, 4) is 0 Å². The van der Waals surface area contributed by atoms with Gasteiger partial charge in [0.05, 0.1) is 0 Å². The quantitative estimate of drug-likeness (QED) is 0.449. The summed E-state index contributed by atoms with van der Waals surface area (Å²) in [6.07, 6.45) is 1.44. The summed E-state index contributed by atoms with van der Waals surface area (Å²) in [5.74, 6) is -1.91. The van der Waals surface area contributed by atoms with Gasteiger partial charge in [0.1, 0.15) is 6.61 Å². The highest BCUT2D eigenvalue weighted by atomic mass is 16.7. The molecule has 0 aromatic carbocycles. The molecule has 1 atom stereocenters. The van der Waals surface area contributed by atoms with Crippen LogP contribution in [0.4, 0.5) is 0 Å². The van der Waals surface area contributed by atoms with Crippen LogP contribution < -0.4 is 0 Å². The van der Waals surface area contributed by atoms with E-state index in [9.17, 15) is 0 Å². The minimum atomic E-state index is -1.58. The SMILES string of the molecule is OCC1(O)CC=C(O)O1. The highest BCUT2D eigenvalue weighted by Gasteiger charge is 2.33. The first-order valence-corrected chi connectivity index (χ1v) is 2.58. The predicted octanol–water partition coefficient (Wildman–Crippen LogP) is -0.513. The van der Waals surface area contributed by atoms with Crippen molar-refractivity contribution >= 4 is 0 Å². The number of hydrogen-bond acceptors (Lipinski definition) is 4. The molecule has 52 valence electrons. The molecule has 1 rings (SSSR count). The van der Waals surface area contributed by atoms with E-state index in [4.69, 9.17) is 15.3 Å². The molecule has 3 N–H and O–H groups in total. The van der Waals surface area contributed by atoms with Crippen LogP contribution >= 0.6 is 0 Å². The Bertz CT molecular complexity index is 142. The van der Waals surface area contributed by atoms with Crippen molar-refractivity contribution < 1.29 is 20.1 Å². The summed E-state index contributed by atoms with van der Waals surface area (Å²) in [4.78, 5) is 0. The fourth-order valence-electron chi connectivity index (χ4n) is 0.622. The molecule has 9 heavy (non-hydrogen) atoms. The maximum Gasteiger partial charge on any atom is 0.275 e. The lowest BCUT2D eigenvalue weighted by Gasteiger charge is -2.18. The molecule has 1 unspecified atom stereocenters. The lowest BCUT2D eigenvalue weighted by Crippen LogP contribution is -2.32. The van der Waals surface area contributed by atoms with Gasteiger partial charge in [0.2, 0.25) is 5.79 Å². The molecule has 1 aliphatic heterocycles. The molecule has 4 nitrogen and oxygen atoms in total. The zero-order valence-corrected chi connectivity index (χ0v) is 4.74. The van der Waals surface area contributed by atoms with E-state index in [-0.39, 0.29) is 12.4 Å². The molecule has 1 heterocycles. The summed E-state index contributed by atoms with van der Waals surface area (Å²) in [5.41, 5.74) is 0. The zero-order chi connectivity index (χ0) is 6.91. The maximum absolute atomic E-state index is 8.99. The Morgan fingerprint density at radius 3 is 2.67 bits per heavy atom. The van der Waals surface area contributed by atoms with E-state index >= 15 is 0 Å². The average molecular weight is 132 g/mol. The second-order valence-corrected chi connectivity index (χ2v) is 1.95. The second kappa shape index (κ2) is 1.89. The first kappa shape index (κ1) is 6.38. The monoisotopic (exact) mass is 132 g/mol. The van der Waals surface area contributed by atoms with Crippen LogP contribution in [0.15, 0.2) is 12.0 Å². The Labute approximate surface area is 52.0 Å². The average Bonchev–Trinajstić information content (AvgIpc) is 2.13. The highest BCUT2D eigenvalue weighted by Crippen LogP contribution is 2.22. The molecule has 0 aliphatic carbocycles. The van der Waals surface area contributed by atoms with E-state index in [0.717, 1.165) is 0 Å². The van der Waals surface area contributed by atoms with Crippen LogP contribution in [0.1, 0.15) is 6.42 Å². The van der Waals surface area contributed by atoms with Gasteiger partial charge in [-0.25, -0.2) is 0 Å². The first-order chi connectivity index (χ1) is 4.16. The molecule has 0 saturated heterocycles. The van der Waals surface area contributed by atoms with Crippen LogP contribution in [0.3, 0.4) is 0 Å². The lowest BCUT2D eigenvalue weighted by atomic mass is 10.2. The molecule has 0 aromatic rings. The van der Waals surface area contributed by atoms with Gasteiger partial charge in [-0.2, -0.15) is 0 Å². The Balaban J connectivity index is 2.53. The number of rotatable bonds is 1. The van der Waals surface area contributed by atoms with Crippen molar-refractivity contribution in [1.82, 2.24) is 0 Å². The molecular formula is C5H8O4. The minimum Gasteiger partial charge on any atom is -0.481 e. The predicted molar refractivity (Wildman–Crippen MR) is 28.4 cm³/mol. The van der Waals surface area contributed by atoms with Gasteiger partial charge in [0.15, 0.2) is 0 Å². The third-order valence-corrected chi connectivity index (χ3v) is 1.14. The number of aliphatic hydroxyl groups excluding tert-OH is 2. The summed E-state index contributed by atoms with van der Waals surface area (Å²) in [7, 11) is 0. The number of ether oxygens (including phenoxy) is 1. The molecule has 1 aliphatic rings. The number of aliphatic hydroxyl groups is 3. The summed E-state index contributed by atoms with van der Waals surface area (Å²) in [5, 5.41) is 26.0. The number of hydrogen-bond donors (Lipinski definition) is 3. The first-order valence-electron chi connectivity index (χ1n) is 2.58. The molecular weight excluding hydrogens is 124 g/mol. The summed E-state index contributed by atoms with van der Waals surface area (Å²) < 4.78 is 4.42. The zero-order valence-electron chi connectivity index (χ0n) is 4.74. The summed E-state index contributed by atoms with van der Waals surface area (Å²) >= 11 is 0. The molecule has 0 aromatic heterocycles. The molecule has 4 heteroatoms. The smallest absolute Gasteiger partial charge is 0.275 e. The molecule has 0 amide bonds. The van der Waals surface area contributed by atoms with Gasteiger partial charge in [-0.1, -0.05) is 0 Å². The van der Waals surface area contributed by atoms with Crippen molar-refractivity contribution in [3.05, 3.63) is 12.0 Å². The van der Waals surface area contributed by atoms with Crippen molar-refractivity contribution in [2.75, 3.05) is 6.61 Å². The fraction of sp³-hybridized carbons (Fsp3) is 0.600. The largest absolute Gasteiger partial charge is 0.481 e. The topological polar surface area (TPSA) is 69.9 Å². The van der Waals surface area contributed by atoms with Crippen molar-refractivity contribution in [2.24, 2.45) is 0 Å². The van der Waals surface area contributed by atoms with E-state index in [1.54, 1.807) is 0 Å². The van der Waals surface area contributed by atoms with Gasteiger partial charge in [0.25, 0.3) is 5.95 Å².